The summed E-state index contributed by atoms with van der Waals surface area (Å²) >= 11 is 0. The average Bonchev–Trinajstić information content (AvgIpc) is 3.70. The molecule has 0 saturated carbocycles. The van der Waals surface area contributed by atoms with Crippen LogP contribution >= 0.6 is 0 Å². The molecule has 4 aromatic rings. The summed E-state index contributed by atoms with van der Waals surface area (Å²) in [6.07, 6.45) is -6.86. The van der Waals surface area contributed by atoms with Crippen LogP contribution in [0.4, 0.5) is 18.0 Å². The molecule has 3 atom stereocenters. The Morgan fingerprint density at radius 1 is 1.02 bits per heavy atom. The Morgan fingerprint density at radius 2 is 1.61 bits per heavy atom. The van der Waals surface area contributed by atoms with Crippen molar-refractivity contribution in [2.24, 2.45) is 11.2 Å². The molecule has 19 heteroatoms. The highest BCUT2D eigenvalue weighted by atomic mass is 32.2. The van der Waals surface area contributed by atoms with E-state index < -0.39 is 63.6 Å². The summed E-state index contributed by atoms with van der Waals surface area (Å²) in [4.78, 5) is 43.8. The van der Waals surface area contributed by atoms with Gasteiger partial charge in [-0.25, -0.2) is 27.5 Å². The van der Waals surface area contributed by atoms with E-state index in [-0.39, 0.29) is 33.4 Å². The fraction of sp³-hybridized carbons (Fsp3) is 0.314. The van der Waals surface area contributed by atoms with Crippen LogP contribution < -0.4 is 4.72 Å². The van der Waals surface area contributed by atoms with Crippen molar-refractivity contribution in [3.05, 3.63) is 106 Å². The molecule has 2 heterocycles. The molecule has 54 heavy (non-hydrogen) atoms. The van der Waals surface area contributed by atoms with Crippen LogP contribution in [0.25, 0.3) is 16.9 Å². The lowest BCUT2D eigenvalue weighted by molar-refractivity contribution is -0.716. The number of sulfonamides is 1. The van der Waals surface area contributed by atoms with Crippen LogP contribution in [0, 0.1) is 18.0 Å². The lowest BCUT2D eigenvalue weighted by Crippen LogP contribution is -2.46. The minimum Gasteiger partial charge on any atom is -0.569 e. The van der Waals surface area contributed by atoms with Gasteiger partial charge in [0.15, 0.2) is 5.69 Å². The monoisotopic (exact) mass is 771 g/mol. The highest BCUT2D eigenvalue weighted by Gasteiger charge is 2.40. The molecule has 15 nitrogen and oxygen atoms in total. The Morgan fingerprint density at radius 3 is 2.17 bits per heavy atom. The summed E-state index contributed by atoms with van der Waals surface area (Å²) in [5.41, 5.74) is 0.812. The molecule has 0 bridgehead atoms. The van der Waals surface area contributed by atoms with Crippen LogP contribution in [-0.4, -0.2) is 76.9 Å². The molecule has 1 aliphatic heterocycles. The summed E-state index contributed by atoms with van der Waals surface area (Å²) < 4.78 is 74.9. The maximum atomic E-state index is 13.6. The number of aryl methyl sites for hydroxylation is 1. The first-order valence-electron chi connectivity index (χ1n) is 16.5. The van der Waals surface area contributed by atoms with Gasteiger partial charge in [-0.3, -0.25) is 9.59 Å². The van der Waals surface area contributed by atoms with Crippen molar-refractivity contribution in [3.8, 4) is 16.9 Å². The second-order valence-electron chi connectivity index (χ2n) is 12.5. The van der Waals surface area contributed by atoms with Crippen molar-refractivity contribution in [1.82, 2.24) is 24.4 Å². The van der Waals surface area contributed by atoms with E-state index in [0.717, 1.165) is 38.4 Å². The number of likely N-dealkylation sites (N-methyl/N-ethyl adjacent to an activating group) is 1. The van der Waals surface area contributed by atoms with E-state index in [1.807, 2.05) is 13.8 Å². The number of hydrogen-bond acceptors (Lipinski definition) is 10. The number of amides is 3. The van der Waals surface area contributed by atoms with Crippen LogP contribution in [0.3, 0.4) is 0 Å². The van der Waals surface area contributed by atoms with Gasteiger partial charge in [0.05, 0.1) is 39.4 Å². The number of ether oxygens (including phenoxy) is 1. The number of fused-ring (bicyclic) bond motifs is 1. The fourth-order valence-electron chi connectivity index (χ4n) is 5.56. The Balaban J connectivity index is 1.23. The topological polar surface area (TPSA) is 179 Å². The first-order chi connectivity index (χ1) is 25.4. The molecule has 3 amide bonds. The lowest BCUT2D eigenvalue weighted by Gasteiger charge is -2.28. The molecule has 0 radical (unpaired) electrons. The zero-order valence-corrected chi connectivity index (χ0v) is 30.5. The molecule has 1 N–H and O–H groups in total. The third kappa shape index (κ3) is 8.30. The van der Waals surface area contributed by atoms with Crippen LogP contribution in [0.15, 0.2) is 89.0 Å². The molecule has 5 rings (SSSR count). The first kappa shape index (κ1) is 39.2. The number of nitrogens with one attached hydrogen (secondary N) is 1. The van der Waals surface area contributed by atoms with Crippen LogP contribution in [0.1, 0.15) is 59.2 Å². The predicted octanol–water partition coefficient (Wildman–Crippen LogP) is 6.08. The predicted molar refractivity (Wildman–Crippen MR) is 185 cm³/mol. The molecule has 0 fully saturated rings. The number of imide groups is 1. The summed E-state index contributed by atoms with van der Waals surface area (Å²) in [7, 11) is -3.20. The largest absolute Gasteiger partial charge is 0.569 e. The second kappa shape index (κ2) is 15.6. The Bertz CT molecular complexity index is 2140. The van der Waals surface area contributed by atoms with Crippen molar-refractivity contribution in [2.45, 2.75) is 57.5 Å². The number of rotatable bonds is 13. The number of nitrogens with zero attached hydrogens (tertiary/aromatic N) is 6. The van der Waals surface area contributed by atoms with E-state index in [0.29, 0.717) is 12.0 Å². The van der Waals surface area contributed by atoms with E-state index in [2.05, 4.69) is 10.4 Å². The minimum absolute atomic E-state index is 0.0482. The lowest BCUT2D eigenvalue weighted by atomic mass is 10.00. The summed E-state index contributed by atoms with van der Waals surface area (Å²) in [5, 5.41) is 21.1. The van der Waals surface area contributed by atoms with E-state index >= 15 is 0 Å². The first-order valence-corrected chi connectivity index (χ1v) is 18.0. The Kier molecular flexibility index (Phi) is 11.3. The molecule has 0 spiro atoms. The van der Waals surface area contributed by atoms with Gasteiger partial charge in [0.1, 0.15) is 12.6 Å². The second-order valence-corrected chi connectivity index (χ2v) is 14.2. The van der Waals surface area contributed by atoms with Crippen molar-refractivity contribution in [2.75, 3.05) is 13.7 Å². The fourth-order valence-corrected chi connectivity index (χ4v) is 6.45. The van der Waals surface area contributed by atoms with Crippen LogP contribution in [-0.2, 0) is 25.8 Å². The molecule has 3 aromatic carbocycles. The molecule has 286 valence electrons. The van der Waals surface area contributed by atoms with Crippen molar-refractivity contribution < 1.29 is 50.5 Å². The van der Waals surface area contributed by atoms with Crippen molar-refractivity contribution >= 4 is 27.9 Å². The van der Waals surface area contributed by atoms with Crippen molar-refractivity contribution in [1.29, 1.82) is 0 Å². The van der Waals surface area contributed by atoms with Gasteiger partial charge < -0.3 is 14.8 Å². The third-order valence-corrected chi connectivity index (χ3v) is 10.2. The summed E-state index contributed by atoms with van der Waals surface area (Å²) in [6, 6.07) is 17.6. The van der Waals surface area contributed by atoms with Gasteiger partial charge in [0, 0.05) is 5.56 Å². The maximum Gasteiger partial charge on any atom is 0.435 e. The van der Waals surface area contributed by atoms with E-state index in [1.165, 1.54) is 38.2 Å². The number of carbonyl (C=O) groups is 3. The molecule has 0 aliphatic carbocycles. The molecular formula is C35H36F3N7O8S. The quantitative estimate of drug-likeness (QED) is 0.0725. The molecular weight excluding hydrogens is 735 g/mol. The zero-order chi connectivity index (χ0) is 39.5. The summed E-state index contributed by atoms with van der Waals surface area (Å²) in [6.45, 7) is 6.27. The molecule has 1 aliphatic rings. The van der Waals surface area contributed by atoms with Crippen molar-refractivity contribution in [3.63, 3.8) is 0 Å². The van der Waals surface area contributed by atoms with Crippen LogP contribution in [0.5, 0.6) is 0 Å². The number of aromatic nitrogens is 2. The summed E-state index contributed by atoms with van der Waals surface area (Å²) in [5.74, 6) is -1.54. The van der Waals surface area contributed by atoms with Crippen LogP contribution in [0.2, 0.25) is 0 Å². The maximum absolute atomic E-state index is 13.6. The van der Waals surface area contributed by atoms with E-state index in [1.54, 1.807) is 48.0 Å². The van der Waals surface area contributed by atoms with Gasteiger partial charge in [-0.05, 0) is 62.2 Å². The SMILES string of the molecule is CC[C@@H](C)[C@@H](COC(=O)NS(=O)(=O)c1ccc(-n2nc(C(F)(F)F)cc2-c2ccc(C)cc2)cc1)N(C)[N+]([O-])=NOC(C)N1C(=O)c2ccccc2C1=O. The number of carbonyl (C=O) groups excluding carboxylic acids is 3. The molecule has 1 aromatic heterocycles. The number of benzene rings is 3. The highest BCUT2D eigenvalue weighted by Crippen LogP contribution is 2.33. The number of alkyl halides is 3. The van der Waals surface area contributed by atoms with Gasteiger partial charge >= 0.3 is 12.3 Å². The third-order valence-electron chi connectivity index (χ3n) is 8.85. The minimum atomic E-state index is -4.74. The normalized spacial score (nSPS) is 15.0. The van der Waals surface area contributed by atoms with E-state index in [4.69, 9.17) is 9.57 Å². The van der Waals surface area contributed by atoms with E-state index in [9.17, 15) is 41.2 Å². The standard InChI is InChI=1S/C35H36F3N7O8S/c1-6-22(3)30(42(5)45(49)41-53-23(4)43-32(46)27-9-7-8-10-28(27)33(43)47)20-52-34(48)40-54(50,51)26-17-15-25(16-18-26)44-29(19-31(39-44)35(36,37)38)24-13-11-21(2)12-14-24/h7-19,22-23,30H,6,20H2,1-5H3,(H,40,48)/t22-,23?,30-/m1/s1. The van der Waals surface area contributed by atoms with Gasteiger partial charge in [-0.2, -0.15) is 18.3 Å². The number of hydrazine groups is 1. The number of hydrogen-bond donors (Lipinski definition) is 1. The van der Waals surface area contributed by atoms with Gasteiger partial charge in [-0.1, -0.05) is 62.2 Å². The van der Waals surface area contributed by atoms with Gasteiger partial charge in [0.25, 0.3) is 21.8 Å². The van der Waals surface area contributed by atoms with Gasteiger partial charge in [0.2, 0.25) is 11.5 Å². The smallest absolute Gasteiger partial charge is 0.435 e. The highest BCUT2D eigenvalue weighted by molar-refractivity contribution is 7.90. The van der Waals surface area contributed by atoms with Gasteiger partial charge in [-0.15, -0.1) is 5.01 Å². The molecule has 1 unspecified atom stereocenters. The number of halogens is 3. The Labute approximate surface area is 308 Å². The molecule has 0 saturated heterocycles. The average molecular weight is 772 g/mol. The zero-order valence-electron chi connectivity index (χ0n) is 29.6. The Hall–Kier alpha value is -5.98.